The SMILES string of the molecule is OC1CC(NC2CCN(CC(F)(F)F)CC2)C1. The number of halogens is 3. The normalized spacial score (nSPS) is 32.5. The summed E-state index contributed by atoms with van der Waals surface area (Å²) in [6, 6.07) is 0.682. The Hall–Kier alpha value is -0.330. The van der Waals surface area contributed by atoms with Gasteiger partial charge in [0.05, 0.1) is 12.6 Å². The maximum atomic E-state index is 12.2. The summed E-state index contributed by atoms with van der Waals surface area (Å²) in [4.78, 5) is 1.47. The third kappa shape index (κ3) is 4.12. The second-order valence-corrected chi connectivity index (χ2v) is 5.15. The van der Waals surface area contributed by atoms with Crippen LogP contribution in [0.5, 0.6) is 0 Å². The van der Waals surface area contributed by atoms with Gasteiger partial charge in [-0.3, -0.25) is 4.90 Å². The van der Waals surface area contributed by atoms with E-state index in [0.29, 0.717) is 25.2 Å². The van der Waals surface area contributed by atoms with Crippen LogP contribution in [0.3, 0.4) is 0 Å². The van der Waals surface area contributed by atoms with E-state index in [4.69, 9.17) is 5.11 Å². The van der Waals surface area contributed by atoms with Crippen LogP contribution < -0.4 is 5.32 Å². The Morgan fingerprint density at radius 3 is 2.18 bits per heavy atom. The number of alkyl halides is 3. The van der Waals surface area contributed by atoms with E-state index in [-0.39, 0.29) is 6.10 Å². The van der Waals surface area contributed by atoms with Crippen LogP contribution in [0.1, 0.15) is 25.7 Å². The Morgan fingerprint density at radius 1 is 1.12 bits per heavy atom. The van der Waals surface area contributed by atoms with E-state index in [1.807, 2.05) is 0 Å². The van der Waals surface area contributed by atoms with Gasteiger partial charge in [-0.2, -0.15) is 13.2 Å². The minimum Gasteiger partial charge on any atom is -0.393 e. The molecule has 1 heterocycles. The molecule has 2 N–H and O–H groups in total. The van der Waals surface area contributed by atoms with Gasteiger partial charge in [0.15, 0.2) is 0 Å². The minimum atomic E-state index is -4.08. The Morgan fingerprint density at radius 2 is 1.71 bits per heavy atom. The minimum absolute atomic E-state index is 0.183. The second-order valence-electron chi connectivity index (χ2n) is 5.15. The average Bonchev–Trinajstić information content (AvgIpc) is 2.16. The van der Waals surface area contributed by atoms with Crippen LogP contribution in [0.2, 0.25) is 0 Å². The topological polar surface area (TPSA) is 35.5 Å². The van der Waals surface area contributed by atoms with Crippen molar-refractivity contribution in [3.8, 4) is 0 Å². The molecule has 0 atom stereocenters. The van der Waals surface area contributed by atoms with E-state index in [9.17, 15) is 13.2 Å². The highest BCUT2D eigenvalue weighted by atomic mass is 19.4. The van der Waals surface area contributed by atoms with Gasteiger partial charge >= 0.3 is 6.18 Å². The molecule has 0 radical (unpaired) electrons. The fourth-order valence-corrected chi connectivity index (χ4v) is 2.57. The number of nitrogens with one attached hydrogen (secondary N) is 1. The Balaban J connectivity index is 1.64. The third-order valence-corrected chi connectivity index (χ3v) is 3.58. The van der Waals surface area contributed by atoms with E-state index < -0.39 is 12.7 Å². The Bertz CT molecular complexity index is 246. The highest BCUT2D eigenvalue weighted by Crippen LogP contribution is 2.23. The van der Waals surface area contributed by atoms with Crippen molar-refractivity contribution in [1.82, 2.24) is 10.2 Å². The van der Waals surface area contributed by atoms with Crippen LogP contribution in [-0.4, -0.2) is 54.0 Å². The summed E-state index contributed by atoms with van der Waals surface area (Å²) in [5.41, 5.74) is 0. The first kappa shape index (κ1) is 13.1. The van der Waals surface area contributed by atoms with E-state index >= 15 is 0 Å². The quantitative estimate of drug-likeness (QED) is 0.790. The van der Waals surface area contributed by atoms with Gasteiger partial charge < -0.3 is 10.4 Å². The van der Waals surface area contributed by atoms with Crippen molar-refractivity contribution in [2.24, 2.45) is 0 Å². The molecule has 100 valence electrons. The van der Waals surface area contributed by atoms with Crippen LogP contribution in [0.25, 0.3) is 0 Å². The standard InChI is InChI=1S/C11H19F3N2O/c12-11(13,14)7-16-3-1-8(2-4-16)15-9-5-10(17)6-9/h8-10,15,17H,1-7H2. The number of hydrogen-bond donors (Lipinski definition) is 2. The zero-order valence-corrected chi connectivity index (χ0v) is 9.71. The Labute approximate surface area is 99.0 Å². The van der Waals surface area contributed by atoms with Gasteiger partial charge in [-0.25, -0.2) is 0 Å². The van der Waals surface area contributed by atoms with Crippen molar-refractivity contribution in [2.75, 3.05) is 19.6 Å². The van der Waals surface area contributed by atoms with Crippen molar-refractivity contribution in [3.05, 3.63) is 0 Å². The molecule has 1 aliphatic carbocycles. The average molecular weight is 252 g/mol. The molecule has 17 heavy (non-hydrogen) atoms. The molecule has 0 spiro atoms. The van der Waals surface area contributed by atoms with Gasteiger partial charge in [0.25, 0.3) is 0 Å². The van der Waals surface area contributed by atoms with Crippen molar-refractivity contribution in [3.63, 3.8) is 0 Å². The van der Waals surface area contributed by atoms with E-state index in [1.54, 1.807) is 0 Å². The molecule has 2 fully saturated rings. The van der Waals surface area contributed by atoms with E-state index in [0.717, 1.165) is 25.7 Å². The van der Waals surface area contributed by atoms with Crippen LogP contribution in [0.15, 0.2) is 0 Å². The lowest BCUT2D eigenvalue weighted by Gasteiger charge is -2.39. The van der Waals surface area contributed by atoms with E-state index in [2.05, 4.69) is 5.32 Å². The lowest BCUT2D eigenvalue weighted by molar-refractivity contribution is -0.148. The van der Waals surface area contributed by atoms with Crippen LogP contribution in [0, 0.1) is 0 Å². The molecule has 2 aliphatic rings. The van der Waals surface area contributed by atoms with Gasteiger partial charge in [0.1, 0.15) is 0 Å². The molecule has 2 rings (SSSR count). The smallest absolute Gasteiger partial charge is 0.393 e. The summed E-state index contributed by atoms with van der Waals surface area (Å²) in [5, 5.41) is 12.5. The summed E-state index contributed by atoms with van der Waals surface area (Å²) >= 11 is 0. The highest BCUT2D eigenvalue weighted by Gasteiger charge is 2.34. The molecule has 6 heteroatoms. The fourth-order valence-electron chi connectivity index (χ4n) is 2.57. The maximum absolute atomic E-state index is 12.2. The number of aliphatic hydroxyl groups is 1. The van der Waals surface area contributed by atoms with Gasteiger partial charge in [0.2, 0.25) is 0 Å². The molecule has 0 amide bonds. The number of aliphatic hydroxyl groups excluding tert-OH is 1. The van der Waals surface area contributed by atoms with Crippen molar-refractivity contribution < 1.29 is 18.3 Å². The zero-order chi connectivity index (χ0) is 12.5. The highest BCUT2D eigenvalue weighted by molar-refractivity contribution is 4.89. The number of hydrogen-bond acceptors (Lipinski definition) is 3. The van der Waals surface area contributed by atoms with Crippen LogP contribution in [-0.2, 0) is 0 Å². The molecule has 1 saturated carbocycles. The molecular weight excluding hydrogens is 233 g/mol. The molecule has 0 aromatic heterocycles. The van der Waals surface area contributed by atoms with Gasteiger partial charge in [0, 0.05) is 12.1 Å². The summed E-state index contributed by atoms with van der Waals surface area (Å²) in [7, 11) is 0. The van der Waals surface area contributed by atoms with E-state index in [1.165, 1.54) is 4.90 Å². The van der Waals surface area contributed by atoms with Gasteiger partial charge in [-0.05, 0) is 38.8 Å². The maximum Gasteiger partial charge on any atom is 0.401 e. The van der Waals surface area contributed by atoms with Crippen molar-refractivity contribution in [2.45, 2.75) is 50.0 Å². The summed E-state index contributed by atoms with van der Waals surface area (Å²) in [6.45, 7) is 0.223. The van der Waals surface area contributed by atoms with Crippen LogP contribution >= 0.6 is 0 Å². The zero-order valence-electron chi connectivity index (χ0n) is 9.71. The molecule has 1 aliphatic heterocycles. The first-order valence-electron chi connectivity index (χ1n) is 6.15. The first-order valence-corrected chi connectivity index (χ1v) is 6.15. The first-order chi connectivity index (χ1) is 7.92. The summed E-state index contributed by atoms with van der Waals surface area (Å²) in [5.74, 6) is 0. The molecule has 0 aromatic carbocycles. The van der Waals surface area contributed by atoms with Crippen LogP contribution in [0.4, 0.5) is 13.2 Å². The molecule has 1 saturated heterocycles. The largest absolute Gasteiger partial charge is 0.401 e. The number of likely N-dealkylation sites (tertiary alicyclic amines) is 1. The lowest BCUT2D eigenvalue weighted by Crippen LogP contribution is -2.52. The molecule has 0 aromatic rings. The van der Waals surface area contributed by atoms with Crippen molar-refractivity contribution >= 4 is 0 Å². The molecule has 0 unspecified atom stereocenters. The lowest BCUT2D eigenvalue weighted by atomic mass is 9.88. The molecular formula is C11H19F3N2O. The predicted octanol–water partition coefficient (Wildman–Crippen LogP) is 1.13. The molecule has 3 nitrogen and oxygen atoms in total. The van der Waals surface area contributed by atoms with Gasteiger partial charge in [-0.1, -0.05) is 0 Å². The predicted molar refractivity (Wildman–Crippen MR) is 57.7 cm³/mol. The molecule has 0 bridgehead atoms. The fraction of sp³-hybridized carbons (Fsp3) is 1.00. The van der Waals surface area contributed by atoms with Crippen molar-refractivity contribution in [1.29, 1.82) is 0 Å². The third-order valence-electron chi connectivity index (χ3n) is 3.58. The number of nitrogens with zero attached hydrogens (tertiary/aromatic N) is 1. The number of piperidine rings is 1. The number of rotatable bonds is 3. The summed E-state index contributed by atoms with van der Waals surface area (Å²) < 4.78 is 36.5. The second kappa shape index (κ2) is 5.12. The Kier molecular flexibility index (Phi) is 3.95. The summed E-state index contributed by atoms with van der Waals surface area (Å²) in [6.07, 6.45) is -1.17. The monoisotopic (exact) mass is 252 g/mol. The van der Waals surface area contributed by atoms with Gasteiger partial charge in [-0.15, -0.1) is 0 Å².